The highest BCUT2D eigenvalue weighted by molar-refractivity contribution is 5.87. The number of amides is 2. The summed E-state index contributed by atoms with van der Waals surface area (Å²) in [7, 11) is 3.49. The first kappa shape index (κ1) is 27.1. The van der Waals surface area contributed by atoms with Crippen LogP contribution in [-0.2, 0) is 22.4 Å². The molecule has 2 aromatic rings. The summed E-state index contributed by atoms with van der Waals surface area (Å²) in [4.78, 5) is 33.4. The van der Waals surface area contributed by atoms with E-state index in [-0.39, 0.29) is 30.9 Å². The van der Waals surface area contributed by atoms with E-state index in [1.54, 1.807) is 29.0 Å². The zero-order valence-electron chi connectivity index (χ0n) is 22.1. The molecule has 1 aliphatic carbocycles. The van der Waals surface area contributed by atoms with Gasteiger partial charge in [-0.2, -0.15) is 0 Å². The van der Waals surface area contributed by atoms with Crippen LogP contribution in [0.25, 0.3) is 4.85 Å². The van der Waals surface area contributed by atoms with Crippen LogP contribution in [0.1, 0.15) is 43.4 Å². The molecule has 0 heterocycles. The molecule has 7 nitrogen and oxygen atoms in total. The molecule has 0 bridgehead atoms. The number of methoxy groups -OCH3 is 1. The number of benzene rings is 2. The molecule has 0 radical (unpaired) electrons. The molecule has 1 aliphatic rings. The number of nitrogens with zero attached hydrogens (tertiary/aromatic N) is 3. The van der Waals surface area contributed by atoms with E-state index in [1.807, 2.05) is 32.2 Å². The molecule has 1 unspecified atom stereocenters. The summed E-state index contributed by atoms with van der Waals surface area (Å²) < 4.78 is 5.35. The summed E-state index contributed by atoms with van der Waals surface area (Å²) in [5.74, 6) is 1.24. The minimum Gasteiger partial charge on any atom is -0.497 e. The second-order valence-electron chi connectivity index (χ2n) is 10.0. The van der Waals surface area contributed by atoms with E-state index in [1.165, 1.54) is 11.1 Å². The first-order valence-electron chi connectivity index (χ1n) is 12.6. The molecule has 36 heavy (non-hydrogen) atoms. The number of carbonyl (C=O) groups is 2. The van der Waals surface area contributed by atoms with Crippen LogP contribution in [0.15, 0.2) is 36.4 Å². The van der Waals surface area contributed by atoms with Gasteiger partial charge >= 0.3 is 0 Å². The van der Waals surface area contributed by atoms with Gasteiger partial charge in [-0.3, -0.25) is 9.59 Å². The molecule has 3 rings (SSSR count). The van der Waals surface area contributed by atoms with Crippen molar-refractivity contribution >= 4 is 23.2 Å². The smallest absolute Gasteiger partial charge is 0.242 e. The van der Waals surface area contributed by atoms with E-state index in [4.69, 9.17) is 11.3 Å². The van der Waals surface area contributed by atoms with Gasteiger partial charge in [0.15, 0.2) is 5.69 Å². The summed E-state index contributed by atoms with van der Waals surface area (Å²) in [6.45, 7) is 14.4. The summed E-state index contributed by atoms with van der Waals surface area (Å²) >= 11 is 0. The Labute approximate surface area is 215 Å². The lowest BCUT2D eigenvalue weighted by Gasteiger charge is -2.30. The molecule has 192 valence electrons. The van der Waals surface area contributed by atoms with Crippen molar-refractivity contribution in [3.05, 3.63) is 64.5 Å². The molecule has 7 heteroatoms. The number of carbonyl (C=O) groups excluding carboxylic acids is 2. The lowest BCUT2D eigenvalue weighted by molar-refractivity contribution is -0.130. The molecule has 1 N–H and O–H groups in total. The molecular formula is C29H38N4O3. The number of hydrogen-bond donors (Lipinski definition) is 1. The van der Waals surface area contributed by atoms with Crippen LogP contribution >= 0.6 is 0 Å². The third-order valence-corrected chi connectivity index (χ3v) is 6.87. The van der Waals surface area contributed by atoms with Crippen molar-refractivity contribution in [2.45, 2.75) is 52.5 Å². The molecule has 0 aliphatic heterocycles. The van der Waals surface area contributed by atoms with Crippen LogP contribution in [0.2, 0.25) is 0 Å². The maximum absolute atomic E-state index is 13.4. The van der Waals surface area contributed by atoms with Crippen LogP contribution in [0.3, 0.4) is 0 Å². The summed E-state index contributed by atoms with van der Waals surface area (Å²) in [5.41, 5.74) is 4.59. The summed E-state index contributed by atoms with van der Waals surface area (Å²) in [6.07, 6.45) is 3.54. The number of hydrogen-bond acceptors (Lipinski definition) is 4. The molecule has 0 fully saturated rings. The van der Waals surface area contributed by atoms with E-state index in [2.05, 4.69) is 30.1 Å². The number of ether oxygens (including phenoxy) is 1. The van der Waals surface area contributed by atoms with Gasteiger partial charge in [0.1, 0.15) is 5.75 Å². The van der Waals surface area contributed by atoms with E-state index in [9.17, 15) is 9.59 Å². The van der Waals surface area contributed by atoms with Crippen molar-refractivity contribution in [2.75, 3.05) is 38.7 Å². The normalized spacial score (nSPS) is 14.2. The fraction of sp³-hybridized carbons (Fsp3) is 0.483. The number of fused-ring (bicyclic) bond motifs is 1. The number of likely N-dealkylation sites (N-methyl/N-ethyl adjacent to an activating group) is 1. The maximum atomic E-state index is 13.4. The van der Waals surface area contributed by atoms with Crippen LogP contribution in [-0.4, -0.2) is 56.5 Å². The Morgan fingerprint density at radius 3 is 2.58 bits per heavy atom. The van der Waals surface area contributed by atoms with Crippen LogP contribution in [0.5, 0.6) is 5.75 Å². The highest BCUT2D eigenvalue weighted by atomic mass is 16.5. The van der Waals surface area contributed by atoms with Crippen molar-refractivity contribution in [1.82, 2.24) is 10.2 Å². The summed E-state index contributed by atoms with van der Waals surface area (Å²) in [6, 6.07) is 11.5. The third-order valence-electron chi connectivity index (χ3n) is 6.87. The molecular weight excluding hydrogens is 452 g/mol. The average Bonchev–Trinajstić information content (AvgIpc) is 3.29. The Hall–Kier alpha value is -3.53. The predicted molar refractivity (Wildman–Crippen MR) is 144 cm³/mol. The number of aryl methyl sites for hydroxylation is 1. The average molecular weight is 491 g/mol. The van der Waals surface area contributed by atoms with Crippen molar-refractivity contribution in [3.63, 3.8) is 0 Å². The monoisotopic (exact) mass is 490 g/mol. The first-order valence-corrected chi connectivity index (χ1v) is 12.6. The van der Waals surface area contributed by atoms with Crippen molar-refractivity contribution in [3.8, 4) is 5.75 Å². The second kappa shape index (κ2) is 12.4. The molecule has 1 atom stereocenters. The van der Waals surface area contributed by atoms with Crippen LogP contribution < -0.4 is 15.0 Å². The topological polar surface area (TPSA) is 66.2 Å². The third kappa shape index (κ3) is 7.00. The highest BCUT2D eigenvalue weighted by Crippen LogP contribution is 2.29. The number of anilines is 1. The molecule has 0 aromatic heterocycles. The number of rotatable bonds is 11. The second-order valence-corrected chi connectivity index (χ2v) is 10.0. The molecule has 0 spiro atoms. The fourth-order valence-electron chi connectivity index (χ4n) is 4.65. The standard InChI is InChI=1S/C29H38N4O3/c1-20(2)8-7-13-31-28(34)18-33(27-17-24(30-4)11-9-21(27)3)19-29(35)32(5)25-14-22-10-12-26(36-6)16-23(22)15-25/h9-12,16-17,20,25H,7-8,13-15,18-19H2,1-3,5-6H3,(H,31,34). The van der Waals surface area contributed by atoms with Gasteiger partial charge < -0.3 is 19.9 Å². The van der Waals surface area contributed by atoms with E-state index >= 15 is 0 Å². The van der Waals surface area contributed by atoms with Crippen molar-refractivity contribution in [2.24, 2.45) is 5.92 Å². The van der Waals surface area contributed by atoms with Crippen molar-refractivity contribution < 1.29 is 14.3 Å². The Bertz CT molecular complexity index is 1120. The Balaban J connectivity index is 1.72. The lowest BCUT2D eigenvalue weighted by Crippen LogP contribution is -2.47. The lowest BCUT2D eigenvalue weighted by atomic mass is 10.1. The van der Waals surface area contributed by atoms with Gasteiger partial charge in [0.25, 0.3) is 0 Å². The Morgan fingerprint density at radius 2 is 1.89 bits per heavy atom. The van der Waals surface area contributed by atoms with Crippen molar-refractivity contribution in [1.29, 1.82) is 0 Å². The Morgan fingerprint density at radius 1 is 1.14 bits per heavy atom. The zero-order valence-corrected chi connectivity index (χ0v) is 22.1. The van der Waals surface area contributed by atoms with Gasteiger partial charge in [-0.15, -0.1) is 0 Å². The van der Waals surface area contributed by atoms with Crippen LogP contribution in [0.4, 0.5) is 11.4 Å². The molecule has 0 saturated carbocycles. The van der Waals surface area contributed by atoms with E-state index < -0.39 is 0 Å². The zero-order chi connectivity index (χ0) is 26.2. The van der Waals surface area contributed by atoms with Gasteiger partial charge in [-0.05, 0) is 73.4 Å². The largest absolute Gasteiger partial charge is 0.497 e. The highest BCUT2D eigenvalue weighted by Gasteiger charge is 2.29. The van der Waals surface area contributed by atoms with Crippen LogP contribution in [0, 0.1) is 19.4 Å². The van der Waals surface area contributed by atoms with Gasteiger partial charge in [-0.25, -0.2) is 4.85 Å². The quantitative estimate of drug-likeness (QED) is 0.371. The molecule has 2 aromatic carbocycles. The fourth-order valence-corrected chi connectivity index (χ4v) is 4.65. The SMILES string of the molecule is [C-]#[N+]c1ccc(C)c(N(CC(=O)NCCCC(C)C)CC(=O)N(C)C2Cc3ccc(OC)cc3C2)c1. The number of nitrogens with one attached hydrogen (secondary N) is 1. The summed E-state index contributed by atoms with van der Waals surface area (Å²) in [5, 5.41) is 2.99. The van der Waals surface area contributed by atoms with E-state index in [0.29, 0.717) is 18.2 Å². The molecule has 0 saturated heterocycles. The van der Waals surface area contributed by atoms with E-state index in [0.717, 1.165) is 42.7 Å². The predicted octanol–water partition coefficient (Wildman–Crippen LogP) is 4.54. The first-order chi connectivity index (χ1) is 17.2. The van der Waals surface area contributed by atoms with Gasteiger partial charge in [0.05, 0.1) is 26.8 Å². The van der Waals surface area contributed by atoms with Gasteiger partial charge in [0, 0.05) is 25.3 Å². The molecule has 2 amide bonds. The Kier molecular flexibility index (Phi) is 9.35. The minimum atomic E-state index is -0.123. The van der Waals surface area contributed by atoms with Gasteiger partial charge in [0.2, 0.25) is 11.8 Å². The maximum Gasteiger partial charge on any atom is 0.242 e. The van der Waals surface area contributed by atoms with Gasteiger partial charge in [-0.1, -0.05) is 32.0 Å². The minimum absolute atomic E-state index is 0.0556.